The predicted molar refractivity (Wildman–Crippen MR) is 134 cm³/mol. The minimum Gasteiger partial charge on any atom is -0.464 e. The van der Waals surface area contributed by atoms with Gasteiger partial charge in [-0.25, -0.2) is 4.39 Å². The van der Waals surface area contributed by atoms with E-state index in [1.807, 2.05) is 6.92 Å². The second-order valence-electron chi connectivity index (χ2n) is 13.1. The molecule has 0 aromatic heterocycles. The van der Waals surface area contributed by atoms with E-state index in [1.54, 1.807) is 0 Å². The van der Waals surface area contributed by atoms with E-state index in [9.17, 15) is 9.59 Å². The number of allylic oxidation sites excluding steroid dienone is 2. The molecule has 0 heterocycles. The van der Waals surface area contributed by atoms with Crippen molar-refractivity contribution in [1.29, 1.82) is 0 Å². The Morgan fingerprint density at radius 1 is 1.06 bits per heavy atom. The highest BCUT2D eigenvalue weighted by Gasteiger charge is 2.69. The van der Waals surface area contributed by atoms with E-state index in [1.165, 1.54) is 19.3 Å². The van der Waals surface area contributed by atoms with Crippen LogP contribution in [-0.2, 0) is 14.3 Å². The van der Waals surface area contributed by atoms with Gasteiger partial charge in [0, 0.05) is 18.3 Å². The number of alkyl halides is 1. The first-order valence-electron chi connectivity index (χ1n) is 14.0. The lowest BCUT2D eigenvalue weighted by atomic mass is 9.43. The molecule has 0 unspecified atom stereocenters. The van der Waals surface area contributed by atoms with Gasteiger partial charge in [0.25, 0.3) is 6.47 Å². The Morgan fingerprint density at radius 2 is 1.79 bits per heavy atom. The molecule has 4 saturated carbocycles. The number of hydrogen-bond acceptors (Lipinski definition) is 3. The Hall–Kier alpha value is -1.19. The lowest BCUT2D eigenvalue weighted by Gasteiger charge is -2.62. The number of carbonyl (C=O) groups excluding carboxylic acids is 2. The molecule has 0 amide bonds. The molecule has 4 fully saturated rings. The van der Waals surface area contributed by atoms with E-state index in [0.29, 0.717) is 61.2 Å². The molecule has 0 aromatic rings. The number of Topliss-reactive ketones (excluding diaryl/α,β-unsaturated/α-hetero) is 1. The quantitative estimate of drug-likeness (QED) is 0.286. The first kappa shape index (κ1) is 25.9. The molecule has 0 N–H and O–H groups in total. The van der Waals surface area contributed by atoms with Crippen molar-refractivity contribution in [2.45, 2.75) is 111 Å². The van der Waals surface area contributed by atoms with Gasteiger partial charge in [-0.15, -0.1) is 0 Å². The third kappa shape index (κ3) is 3.90. The summed E-state index contributed by atoms with van der Waals surface area (Å²) < 4.78 is 21.6. The van der Waals surface area contributed by atoms with Crippen LogP contribution in [0.15, 0.2) is 12.2 Å². The highest BCUT2D eigenvalue weighted by atomic mass is 19.1. The summed E-state index contributed by atoms with van der Waals surface area (Å²) in [7, 11) is 0. The van der Waals surface area contributed by atoms with Crippen LogP contribution in [0.1, 0.15) is 99.3 Å². The van der Waals surface area contributed by atoms with Crippen LogP contribution in [0.3, 0.4) is 0 Å². The van der Waals surface area contributed by atoms with Crippen LogP contribution < -0.4 is 0 Å². The highest BCUT2D eigenvalue weighted by Crippen LogP contribution is 2.69. The van der Waals surface area contributed by atoms with Crippen molar-refractivity contribution in [3.8, 4) is 0 Å². The van der Waals surface area contributed by atoms with E-state index in [0.717, 1.165) is 12.8 Å². The van der Waals surface area contributed by atoms with Gasteiger partial charge in [0.2, 0.25) is 0 Å². The zero-order valence-corrected chi connectivity index (χ0v) is 22.3. The Bertz CT molecular complexity index is 807. The number of hydrogen-bond donors (Lipinski definition) is 0. The predicted octanol–water partition coefficient (Wildman–Crippen LogP) is 7.33. The first-order valence-corrected chi connectivity index (χ1v) is 14.0. The molecular weight excluding hydrogens is 427 g/mol. The summed E-state index contributed by atoms with van der Waals surface area (Å²) in [5, 5.41) is 0. The normalized spacial score (nSPS) is 46.0. The zero-order chi connectivity index (χ0) is 24.9. The second-order valence-corrected chi connectivity index (χ2v) is 13.1. The van der Waals surface area contributed by atoms with Crippen LogP contribution >= 0.6 is 0 Å². The number of halogens is 1. The first-order chi connectivity index (χ1) is 16.0. The molecule has 4 aliphatic rings. The average molecular weight is 475 g/mol. The van der Waals surface area contributed by atoms with Crippen molar-refractivity contribution in [3.63, 3.8) is 0 Å². The standard InChI is InChI=1S/C30H47FO3/c1-7-21(19(2)3)9-8-20(4)24-10-11-25-23-16-27(33)30(31)17-22(34-18-32)12-15-29(30,6)26(23)13-14-28(24,25)5/h8-9,18-26H,7,10-17H2,1-6H3/b9-8+/t20-,21-,22-,23+,24-,25+,26+,28-,29-,30+/m1/s1. The summed E-state index contributed by atoms with van der Waals surface area (Å²) in [6, 6.07) is 0. The molecule has 4 heteroatoms. The van der Waals surface area contributed by atoms with Crippen molar-refractivity contribution < 1.29 is 18.7 Å². The van der Waals surface area contributed by atoms with Crippen LogP contribution in [-0.4, -0.2) is 24.0 Å². The van der Waals surface area contributed by atoms with Gasteiger partial charge in [0.1, 0.15) is 6.10 Å². The Balaban J connectivity index is 1.55. The van der Waals surface area contributed by atoms with Gasteiger partial charge in [-0.05, 0) is 91.8 Å². The summed E-state index contributed by atoms with van der Waals surface area (Å²) in [5.41, 5.74) is -2.25. The maximum Gasteiger partial charge on any atom is 0.293 e. The van der Waals surface area contributed by atoms with Gasteiger partial charge >= 0.3 is 0 Å². The molecule has 0 saturated heterocycles. The second kappa shape index (κ2) is 9.36. The van der Waals surface area contributed by atoms with Crippen LogP contribution in [0.2, 0.25) is 0 Å². The highest BCUT2D eigenvalue weighted by molar-refractivity contribution is 5.90. The average Bonchev–Trinajstić information content (AvgIpc) is 3.13. The molecule has 0 spiro atoms. The molecule has 3 nitrogen and oxygen atoms in total. The van der Waals surface area contributed by atoms with Crippen molar-refractivity contribution in [3.05, 3.63) is 12.2 Å². The number of fused-ring (bicyclic) bond motifs is 5. The molecule has 0 bridgehead atoms. The van der Waals surface area contributed by atoms with Crippen molar-refractivity contribution in [2.75, 3.05) is 0 Å². The van der Waals surface area contributed by atoms with E-state index in [2.05, 4.69) is 46.8 Å². The van der Waals surface area contributed by atoms with E-state index >= 15 is 4.39 Å². The van der Waals surface area contributed by atoms with Gasteiger partial charge in [-0.3, -0.25) is 9.59 Å². The summed E-state index contributed by atoms with van der Waals surface area (Å²) in [4.78, 5) is 24.3. The monoisotopic (exact) mass is 474 g/mol. The van der Waals surface area contributed by atoms with Gasteiger partial charge < -0.3 is 4.74 Å². The third-order valence-corrected chi connectivity index (χ3v) is 11.5. The molecule has 34 heavy (non-hydrogen) atoms. The van der Waals surface area contributed by atoms with Crippen LogP contribution in [0.4, 0.5) is 4.39 Å². The van der Waals surface area contributed by atoms with Gasteiger partial charge in [-0.1, -0.05) is 53.7 Å². The topological polar surface area (TPSA) is 43.4 Å². The molecule has 0 aliphatic heterocycles. The minimum absolute atomic E-state index is 0.0468. The van der Waals surface area contributed by atoms with Crippen molar-refractivity contribution >= 4 is 12.3 Å². The lowest BCUT2D eigenvalue weighted by molar-refractivity contribution is -0.194. The third-order valence-electron chi connectivity index (χ3n) is 11.5. The summed E-state index contributed by atoms with van der Waals surface area (Å²) in [5.74, 6) is 3.30. The van der Waals surface area contributed by atoms with Crippen LogP contribution in [0.25, 0.3) is 0 Å². The smallest absolute Gasteiger partial charge is 0.293 e. The van der Waals surface area contributed by atoms with Gasteiger partial charge in [0.05, 0.1) is 0 Å². The number of carbonyl (C=O) groups is 2. The molecule has 192 valence electrons. The SMILES string of the molecule is CC[C@H](/C=C/[C@@H](C)[C@H]1CC[C@H]2[C@@H]3CC(=O)[C@@]4(F)C[C@H](OC=O)CC[C@]4(C)[C@H]3CC[C@]12C)C(C)C. The lowest BCUT2D eigenvalue weighted by Crippen LogP contribution is -2.65. The molecule has 0 radical (unpaired) electrons. The summed E-state index contributed by atoms with van der Waals surface area (Å²) in [6.45, 7) is 14.2. The van der Waals surface area contributed by atoms with E-state index < -0.39 is 17.2 Å². The Kier molecular flexibility index (Phi) is 7.12. The fourth-order valence-electron chi connectivity index (χ4n) is 9.34. The van der Waals surface area contributed by atoms with Crippen LogP contribution in [0, 0.1) is 52.3 Å². The number of rotatable bonds is 7. The maximum absolute atomic E-state index is 16.5. The molecule has 10 atom stereocenters. The summed E-state index contributed by atoms with van der Waals surface area (Å²) >= 11 is 0. The van der Waals surface area contributed by atoms with Crippen LogP contribution in [0.5, 0.6) is 0 Å². The fraction of sp³-hybridized carbons (Fsp3) is 0.867. The van der Waals surface area contributed by atoms with E-state index in [-0.39, 0.29) is 23.5 Å². The van der Waals surface area contributed by atoms with Crippen molar-refractivity contribution in [2.24, 2.45) is 52.3 Å². The minimum atomic E-state index is -1.85. The number of ketones is 1. The molecule has 4 aliphatic carbocycles. The number of ether oxygens (including phenoxy) is 1. The van der Waals surface area contributed by atoms with Crippen molar-refractivity contribution in [1.82, 2.24) is 0 Å². The Labute approximate surface area is 206 Å². The fourth-order valence-corrected chi connectivity index (χ4v) is 9.34. The van der Waals surface area contributed by atoms with Gasteiger partial charge in [0.15, 0.2) is 11.5 Å². The molecule has 4 rings (SSSR count). The molecular formula is C30H47FO3. The summed E-state index contributed by atoms with van der Waals surface area (Å²) in [6.07, 6.45) is 11.9. The zero-order valence-electron chi connectivity index (χ0n) is 22.3. The van der Waals surface area contributed by atoms with Gasteiger partial charge in [-0.2, -0.15) is 0 Å². The van der Waals surface area contributed by atoms with E-state index in [4.69, 9.17) is 4.74 Å². The maximum atomic E-state index is 16.5. The Morgan fingerprint density at radius 3 is 2.44 bits per heavy atom. The molecule has 0 aromatic carbocycles. The largest absolute Gasteiger partial charge is 0.464 e.